The van der Waals surface area contributed by atoms with Crippen LogP contribution in [-0.2, 0) is 11.3 Å². The maximum Gasteiger partial charge on any atom is 0.350 e. The Morgan fingerprint density at radius 3 is 2.71 bits per heavy atom. The van der Waals surface area contributed by atoms with E-state index in [0.29, 0.717) is 44.3 Å². The van der Waals surface area contributed by atoms with E-state index in [2.05, 4.69) is 16.5 Å². The summed E-state index contributed by atoms with van der Waals surface area (Å²) in [4.78, 5) is 34.5. The number of nitrogens with zero attached hydrogens (tertiary/aromatic N) is 4. The van der Waals surface area contributed by atoms with Crippen molar-refractivity contribution in [2.45, 2.75) is 24.4 Å². The van der Waals surface area contributed by atoms with Crippen LogP contribution in [0.3, 0.4) is 0 Å². The second-order valence-corrected chi connectivity index (χ2v) is 10.3. The zero-order valence-corrected chi connectivity index (χ0v) is 20.8. The van der Waals surface area contributed by atoms with Gasteiger partial charge in [0.05, 0.1) is 10.5 Å². The van der Waals surface area contributed by atoms with Gasteiger partial charge in [0.2, 0.25) is 5.91 Å². The molecule has 2 aliphatic heterocycles. The first kappa shape index (κ1) is 23.8. The number of benzene rings is 2. The van der Waals surface area contributed by atoms with Crippen molar-refractivity contribution >= 4 is 46.0 Å². The normalized spacial score (nSPS) is 18.0. The predicted molar refractivity (Wildman–Crippen MR) is 139 cm³/mol. The van der Waals surface area contributed by atoms with E-state index in [1.165, 1.54) is 12.1 Å². The lowest BCUT2D eigenvalue weighted by Crippen LogP contribution is -2.49. The molecule has 0 radical (unpaired) electrons. The molecule has 5 rings (SSSR count). The first-order valence-electron chi connectivity index (χ1n) is 11.4. The van der Waals surface area contributed by atoms with Gasteiger partial charge in [-0.15, -0.1) is 11.8 Å². The SMILES string of the molecule is C=CC(=O)N1CCN(c2nc(=O)n3c4c(c(-c5ccc(F)c(Cl)c5)c(C)cc24)SCC(N)C3)CC1. The van der Waals surface area contributed by atoms with Crippen molar-refractivity contribution in [3.05, 3.63) is 63.8 Å². The largest absolute Gasteiger partial charge is 0.352 e. The average molecular weight is 514 g/mol. The third-order valence-electron chi connectivity index (χ3n) is 6.53. The zero-order chi connectivity index (χ0) is 24.9. The molecule has 3 aromatic rings. The van der Waals surface area contributed by atoms with Crippen LogP contribution < -0.4 is 16.3 Å². The molecule has 0 aliphatic carbocycles. The lowest BCUT2D eigenvalue weighted by atomic mass is 9.97. The molecule has 0 saturated carbocycles. The van der Waals surface area contributed by atoms with Gasteiger partial charge in [-0.25, -0.2) is 9.18 Å². The molecule has 2 aliphatic rings. The molecule has 0 bridgehead atoms. The van der Waals surface area contributed by atoms with Gasteiger partial charge in [-0.2, -0.15) is 4.98 Å². The summed E-state index contributed by atoms with van der Waals surface area (Å²) in [5.41, 5.74) is 9.41. The smallest absolute Gasteiger partial charge is 0.350 e. The Kier molecular flexibility index (Phi) is 6.33. The maximum absolute atomic E-state index is 13.9. The van der Waals surface area contributed by atoms with Gasteiger partial charge in [0, 0.05) is 60.4 Å². The molecule has 1 aromatic heterocycles. The first-order valence-corrected chi connectivity index (χ1v) is 12.7. The molecule has 3 heterocycles. The van der Waals surface area contributed by atoms with Gasteiger partial charge in [-0.05, 0) is 42.3 Å². The predicted octanol–water partition coefficient (Wildman–Crippen LogP) is 3.43. The lowest BCUT2D eigenvalue weighted by Gasteiger charge is -2.35. The fourth-order valence-corrected chi connectivity index (χ4v) is 6.28. The van der Waals surface area contributed by atoms with Crippen LogP contribution in [0, 0.1) is 12.7 Å². The highest BCUT2D eigenvalue weighted by Crippen LogP contribution is 2.43. The van der Waals surface area contributed by atoms with Crippen molar-refractivity contribution in [3.63, 3.8) is 0 Å². The van der Waals surface area contributed by atoms with Crippen molar-refractivity contribution in [2.75, 3.05) is 36.8 Å². The van der Waals surface area contributed by atoms with Gasteiger partial charge in [0.15, 0.2) is 0 Å². The number of anilines is 1. The molecule has 1 fully saturated rings. The van der Waals surface area contributed by atoms with Gasteiger partial charge in [0.1, 0.15) is 11.6 Å². The van der Waals surface area contributed by atoms with Crippen LogP contribution in [0.25, 0.3) is 22.0 Å². The number of piperazine rings is 1. The summed E-state index contributed by atoms with van der Waals surface area (Å²) in [5.74, 6) is 0.650. The highest BCUT2D eigenvalue weighted by Gasteiger charge is 2.28. The third-order valence-corrected chi connectivity index (χ3v) is 8.10. The molecule has 1 saturated heterocycles. The number of aromatic nitrogens is 2. The zero-order valence-electron chi connectivity index (χ0n) is 19.3. The van der Waals surface area contributed by atoms with Crippen LogP contribution in [0.2, 0.25) is 5.02 Å². The molecular formula is C25H25ClFN5O2S. The van der Waals surface area contributed by atoms with Gasteiger partial charge >= 0.3 is 5.69 Å². The van der Waals surface area contributed by atoms with Gasteiger partial charge in [-0.1, -0.05) is 24.2 Å². The Morgan fingerprint density at radius 1 is 1.29 bits per heavy atom. The lowest BCUT2D eigenvalue weighted by molar-refractivity contribution is -0.126. The third kappa shape index (κ3) is 4.22. The number of rotatable bonds is 3. The number of carbonyl (C=O) groups excluding carboxylic acids is 1. The number of hydrogen-bond donors (Lipinski definition) is 1. The molecule has 1 amide bonds. The minimum Gasteiger partial charge on any atom is -0.352 e. The van der Waals surface area contributed by atoms with Crippen molar-refractivity contribution in [2.24, 2.45) is 5.73 Å². The highest BCUT2D eigenvalue weighted by atomic mass is 35.5. The second-order valence-electron chi connectivity index (χ2n) is 8.84. The van der Waals surface area contributed by atoms with E-state index in [1.807, 2.05) is 13.0 Å². The number of halogens is 2. The Hall–Kier alpha value is -2.88. The van der Waals surface area contributed by atoms with Crippen LogP contribution in [0.1, 0.15) is 5.56 Å². The highest BCUT2D eigenvalue weighted by molar-refractivity contribution is 7.99. The molecule has 35 heavy (non-hydrogen) atoms. The van der Waals surface area contributed by atoms with Crippen molar-refractivity contribution in [1.29, 1.82) is 0 Å². The molecule has 7 nitrogen and oxygen atoms in total. The van der Waals surface area contributed by atoms with Gasteiger partial charge in [0.25, 0.3) is 0 Å². The summed E-state index contributed by atoms with van der Waals surface area (Å²) in [7, 11) is 0. The van der Waals surface area contributed by atoms with E-state index < -0.39 is 5.82 Å². The molecule has 2 aromatic carbocycles. The standard InChI is InChI=1S/C25H25ClFN5O2S/c1-3-20(33)30-6-8-31(9-7-30)24-17-10-14(2)21(15-4-5-19(27)18(26)11-15)23-22(17)32(25(34)29-24)12-16(28)13-35-23/h3-5,10-11,16H,1,6-9,12-13,28H2,2H3. The van der Waals surface area contributed by atoms with Crippen LogP contribution in [0.5, 0.6) is 0 Å². The number of carbonyl (C=O) groups is 1. The Labute approximate surface area is 211 Å². The summed E-state index contributed by atoms with van der Waals surface area (Å²) >= 11 is 7.71. The average Bonchev–Trinajstić information content (AvgIpc) is 3.02. The van der Waals surface area contributed by atoms with E-state index in [-0.39, 0.29) is 22.7 Å². The number of hydrogen-bond acceptors (Lipinski definition) is 6. The monoisotopic (exact) mass is 513 g/mol. The van der Waals surface area contributed by atoms with Gasteiger partial charge < -0.3 is 15.5 Å². The molecule has 1 atom stereocenters. The molecule has 0 spiro atoms. The van der Waals surface area contributed by atoms with Crippen molar-refractivity contribution in [3.8, 4) is 11.1 Å². The quantitative estimate of drug-likeness (QED) is 0.540. The van der Waals surface area contributed by atoms with Crippen molar-refractivity contribution in [1.82, 2.24) is 14.5 Å². The summed E-state index contributed by atoms with van der Waals surface area (Å²) in [6, 6.07) is 6.49. The fourth-order valence-electron chi connectivity index (χ4n) is 4.83. The number of thioether (sulfide) groups is 1. The molecule has 10 heteroatoms. The number of amides is 1. The van der Waals surface area contributed by atoms with E-state index in [1.54, 1.807) is 33.4 Å². The molecule has 1 unspecified atom stereocenters. The van der Waals surface area contributed by atoms with Crippen LogP contribution in [-0.4, -0.2) is 58.3 Å². The molecule has 2 N–H and O–H groups in total. The van der Waals surface area contributed by atoms with Crippen molar-refractivity contribution < 1.29 is 9.18 Å². The van der Waals surface area contributed by atoms with E-state index in [0.717, 1.165) is 32.5 Å². The Bertz CT molecular complexity index is 1420. The van der Waals surface area contributed by atoms with Crippen LogP contribution in [0.15, 0.2) is 46.6 Å². The molecular weight excluding hydrogens is 489 g/mol. The topological polar surface area (TPSA) is 84.5 Å². The van der Waals surface area contributed by atoms with E-state index in [9.17, 15) is 14.0 Å². The minimum atomic E-state index is -0.480. The first-order chi connectivity index (χ1) is 16.8. The maximum atomic E-state index is 13.9. The van der Waals surface area contributed by atoms with E-state index >= 15 is 0 Å². The summed E-state index contributed by atoms with van der Waals surface area (Å²) < 4.78 is 15.6. The summed E-state index contributed by atoms with van der Waals surface area (Å²) in [6.45, 7) is 8.08. The number of nitrogens with two attached hydrogens (primary N) is 1. The fraction of sp³-hybridized carbons (Fsp3) is 0.320. The molecule has 182 valence electrons. The van der Waals surface area contributed by atoms with Crippen LogP contribution >= 0.6 is 23.4 Å². The van der Waals surface area contributed by atoms with E-state index in [4.69, 9.17) is 17.3 Å². The Morgan fingerprint density at radius 2 is 2.03 bits per heavy atom. The number of aryl methyl sites for hydroxylation is 1. The summed E-state index contributed by atoms with van der Waals surface area (Å²) in [6.07, 6.45) is 1.32. The minimum absolute atomic E-state index is 0.0456. The second kappa shape index (κ2) is 9.29. The Balaban J connectivity index is 1.71. The summed E-state index contributed by atoms with van der Waals surface area (Å²) in [5, 5.41) is 0.906. The van der Waals surface area contributed by atoms with Gasteiger partial charge in [-0.3, -0.25) is 9.36 Å². The van der Waals surface area contributed by atoms with Crippen LogP contribution in [0.4, 0.5) is 10.2 Å².